The highest BCUT2D eigenvalue weighted by Gasteiger charge is 2.27. The van der Waals surface area contributed by atoms with Gasteiger partial charge < -0.3 is 0 Å². The van der Waals surface area contributed by atoms with E-state index in [0.29, 0.717) is 5.92 Å². The van der Waals surface area contributed by atoms with Gasteiger partial charge in [-0.15, -0.1) is 0 Å². The lowest BCUT2D eigenvalue weighted by molar-refractivity contribution is 0.244. The molecule has 1 atom stereocenters. The number of hydrogen-bond acceptors (Lipinski definition) is 1. The summed E-state index contributed by atoms with van der Waals surface area (Å²) in [4.78, 5) is 4.53. The van der Waals surface area contributed by atoms with E-state index in [9.17, 15) is 0 Å². The zero-order valence-corrected chi connectivity index (χ0v) is 18.3. The number of aryl methyl sites for hydroxylation is 1. The molecule has 0 aliphatic heterocycles. The summed E-state index contributed by atoms with van der Waals surface area (Å²) in [5, 5.41) is 0. The largest absolute Gasteiger partial charge is 0.264 e. The minimum atomic E-state index is 0.592. The molecule has 28 heavy (non-hydrogen) atoms. The summed E-state index contributed by atoms with van der Waals surface area (Å²) < 4.78 is 0. The lowest BCUT2D eigenvalue weighted by atomic mass is 9.73. The number of benzene rings is 1. The lowest BCUT2D eigenvalue weighted by Crippen LogP contribution is -2.19. The van der Waals surface area contributed by atoms with Crippen LogP contribution in [0.5, 0.6) is 0 Å². The van der Waals surface area contributed by atoms with Gasteiger partial charge in [-0.3, -0.25) is 4.98 Å². The van der Waals surface area contributed by atoms with Gasteiger partial charge in [0.25, 0.3) is 0 Å². The quantitative estimate of drug-likeness (QED) is 0.401. The Balaban J connectivity index is 1.81. The monoisotopic (exact) mass is 377 g/mol. The van der Waals surface area contributed by atoms with E-state index >= 15 is 0 Å². The van der Waals surface area contributed by atoms with Gasteiger partial charge in [-0.1, -0.05) is 83.6 Å². The maximum Gasteiger partial charge on any atom is 0.0308 e. The third-order valence-corrected chi connectivity index (χ3v) is 7.13. The van der Waals surface area contributed by atoms with Crippen molar-refractivity contribution in [1.29, 1.82) is 0 Å². The van der Waals surface area contributed by atoms with E-state index in [1.54, 1.807) is 0 Å². The summed E-state index contributed by atoms with van der Waals surface area (Å²) in [6.45, 7) is 7.08. The third-order valence-electron chi connectivity index (χ3n) is 7.13. The second kappa shape index (κ2) is 10.8. The Kier molecular flexibility index (Phi) is 8.13. The molecule has 1 nitrogen and oxygen atoms in total. The normalized spacial score (nSPS) is 20.8. The van der Waals surface area contributed by atoms with E-state index < -0.39 is 0 Å². The van der Waals surface area contributed by atoms with Gasteiger partial charge in [0.05, 0.1) is 0 Å². The Labute approximate surface area is 173 Å². The molecule has 1 saturated carbocycles. The molecule has 1 aromatic heterocycles. The Bertz CT molecular complexity index is 712. The standard InChI is InChI=1S/C27H39N/c1-4-6-7-8-11-24-12-9-10-13-25(24)26-18-19-28-20-27(26)21(3)23-16-14-22(5-2)15-17-23/h9-10,12-13,18-23H,4-8,11,14-17H2,1-3H3. The predicted molar refractivity (Wildman–Crippen MR) is 122 cm³/mol. The first-order chi connectivity index (χ1) is 13.7. The molecule has 0 bridgehead atoms. The minimum absolute atomic E-state index is 0.592. The molecule has 0 N–H and O–H groups in total. The second-order valence-corrected chi connectivity index (χ2v) is 8.91. The van der Waals surface area contributed by atoms with E-state index in [0.717, 1.165) is 11.8 Å². The van der Waals surface area contributed by atoms with Crippen LogP contribution < -0.4 is 0 Å². The minimum Gasteiger partial charge on any atom is -0.264 e. The molecule has 1 aromatic carbocycles. The fourth-order valence-electron chi connectivity index (χ4n) is 5.11. The molecular weight excluding hydrogens is 338 g/mol. The third kappa shape index (κ3) is 5.25. The average Bonchev–Trinajstić information content (AvgIpc) is 2.76. The number of rotatable bonds is 9. The molecular formula is C27H39N. The molecule has 1 heterocycles. The highest BCUT2D eigenvalue weighted by atomic mass is 14.6. The highest BCUT2D eigenvalue weighted by Crippen LogP contribution is 2.42. The van der Waals surface area contributed by atoms with Gasteiger partial charge in [-0.25, -0.2) is 0 Å². The molecule has 1 fully saturated rings. The number of nitrogens with zero attached hydrogens (tertiary/aromatic N) is 1. The summed E-state index contributed by atoms with van der Waals surface area (Å²) >= 11 is 0. The van der Waals surface area contributed by atoms with Crippen LogP contribution in [0, 0.1) is 11.8 Å². The molecule has 3 rings (SSSR count). The van der Waals surface area contributed by atoms with E-state index in [1.807, 2.05) is 6.20 Å². The van der Waals surface area contributed by atoms with Crippen LogP contribution in [0.25, 0.3) is 11.1 Å². The van der Waals surface area contributed by atoms with Crippen LogP contribution in [-0.2, 0) is 6.42 Å². The van der Waals surface area contributed by atoms with Gasteiger partial charge in [0, 0.05) is 12.4 Å². The van der Waals surface area contributed by atoms with Gasteiger partial charge in [0.15, 0.2) is 0 Å². The molecule has 1 aliphatic rings. The zero-order valence-electron chi connectivity index (χ0n) is 18.3. The summed E-state index contributed by atoms with van der Waals surface area (Å²) in [7, 11) is 0. The predicted octanol–water partition coefficient (Wildman–Crippen LogP) is 8.19. The lowest BCUT2D eigenvalue weighted by Gasteiger charge is -2.33. The molecule has 1 heteroatoms. The molecule has 2 aromatic rings. The van der Waals surface area contributed by atoms with Crippen molar-refractivity contribution in [2.75, 3.05) is 0 Å². The first kappa shape index (κ1) is 21.1. The second-order valence-electron chi connectivity index (χ2n) is 8.91. The van der Waals surface area contributed by atoms with Crippen LogP contribution in [0.3, 0.4) is 0 Å². The van der Waals surface area contributed by atoms with Crippen LogP contribution in [0.4, 0.5) is 0 Å². The molecule has 0 amide bonds. The van der Waals surface area contributed by atoms with Crippen molar-refractivity contribution in [3.63, 3.8) is 0 Å². The van der Waals surface area contributed by atoms with Crippen LogP contribution >= 0.6 is 0 Å². The Morgan fingerprint density at radius 1 is 0.929 bits per heavy atom. The van der Waals surface area contributed by atoms with E-state index in [4.69, 9.17) is 0 Å². The Morgan fingerprint density at radius 3 is 2.46 bits per heavy atom. The molecule has 0 spiro atoms. The zero-order chi connectivity index (χ0) is 19.8. The first-order valence-electron chi connectivity index (χ1n) is 11.8. The van der Waals surface area contributed by atoms with E-state index in [2.05, 4.69) is 62.3 Å². The SMILES string of the molecule is CCCCCCc1ccccc1-c1ccncc1C(C)C1CCC(CC)CC1. The maximum atomic E-state index is 4.53. The molecule has 1 aliphatic carbocycles. The van der Waals surface area contributed by atoms with Crippen LogP contribution in [0.15, 0.2) is 42.7 Å². The van der Waals surface area contributed by atoms with E-state index in [-0.39, 0.29) is 0 Å². The maximum absolute atomic E-state index is 4.53. The van der Waals surface area contributed by atoms with Crippen molar-refractivity contribution < 1.29 is 0 Å². The fourth-order valence-corrected chi connectivity index (χ4v) is 5.11. The van der Waals surface area contributed by atoms with Crippen molar-refractivity contribution >= 4 is 0 Å². The summed E-state index contributed by atoms with van der Waals surface area (Å²) in [6, 6.07) is 11.3. The number of hydrogen-bond donors (Lipinski definition) is 0. The van der Waals surface area contributed by atoms with Crippen LogP contribution in [-0.4, -0.2) is 4.98 Å². The highest BCUT2D eigenvalue weighted by molar-refractivity contribution is 5.71. The number of pyridine rings is 1. The first-order valence-corrected chi connectivity index (χ1v) is 11.8. The number of aromatic nitrogens is 1. The molecule has 1 unspecified atom stereocenters. The van der Waals surface area contributed by atoms with Crippen molar-refractivity contribution in [3.05, 3.63) is 53.9 Å². The molecule has 152 valence electrons. The van der Waals surface area contributed by atoms with Gasteiger partial charge in [-0.2, -0.15) is 0 Å². The summed E-state index contributed by atoms with van der Waals surface area (Å²) in [5.74, 6) is 2.36. The summed E-state index contributed by atoms with van der Waals surface area (Å²) in [6.07, 6.45) is 17.5. The van der Waals surface area contributed by atoms with Crippen LogP contribution in [0.2, 0.25) is 0 Å². The molecule has 0 radical (unpaired) electrons. The Hall–Kier alpha value is -1.63. The van der Waals surface area contributed by atoms with E-state index in [1.165, 1.54) is 86.5 Å². The van der Waals surface area contributed by atoms with Crippen molar-refractivity contribution in [3.8, 4) is 11.1 Å². The summed E-state index contributed by atoms with van der Waals surface area (Å²) in [5.41, 5.74) is 5.83. The Morgan fingerprint density at radius 2 is 1.71 bits per heavy atom. The van der Waals surface area contributed by atoms with Gasteiger partial charge >= 0.3 is 0 Å². The van der Waals surface area contributed by atoms with Crippen molar-refractivity contribution in [1.82, 2.24) is 4.98 Å². The number of unbranched alkanes of at least 4 members (excludes halogenated alkanes) is 3. The van der Waals surface area contributed by atoms with Gasteiger partial charge in [-0.05, 0) is 71.8 Å². The van der Waals surface area contributed by atoms with Crippen molar-refractivity contribution in [2.45, 2.75) is 90.9 Å². The smallest absolute Gasteiger partial charge is 0.0308 e. The average molecular weight is 378 g/mol. The molecule has 0 saturated heterocycles. The fraction of sp³-hybridized carbons (Fsp3) is 0.593. The van der Waals surface area contributed by atoms with Crippen LogP contribution in [0.1, 0.15) is 95.6 Å². The van der Waals surface area contributed by atoms with Gasteiger partial charge in [0.2, 0.25) is 0 Å². The van der Waals surface area contributed by atoms with Gasteiger partial charge in [0.1, 0.15) is 0 Å². The topological polar surface area (TPSA) is 12.9 Å². The van der Waals surface area contributed by atoms with Crippen molar-refractivity contribution in [2.24, 2.45) is 11.8 Å².